The fourth-order valence-corrected chi connectivity index (χ4v) is 3.20. The molecule has 3 rings (SSSR count). The van der Waals surface area contributed by atoms with Crippen LogP contribution < -0.4 is 5.32 Å². The number of aryl methyl sites for hydroxylation is 1. The maximum absolute atomic E-state index is 12.8. The van der Waals surface area contributed by atoms with Crippen LogP contribution in [0.25, 0.3) is 5.57 Å². The zero-order chi connectivity index (χ0) is 15.7. The summed E-state index contributed by atoms with van der Waals surface area (Å²) < 4.78 is 7.63. The van der Waals surface area contributed by atoms with Gasteiger partial charge in [0, 0.05) is 32.9 Å². The van der Waals surface area contributed by atoms with E-state index in [-0.39, 0.29) is 11.9 Å². The molecule has 1 N–H and O–H groups in total. The molecule has 1 unspecified atom stereocenters. The summed E-state index contributed by atoms with van der Waals surface area (Å²) in [5.74, 6) is 0.130. The van der Waals surface area contributed by atoms with E-state index in [0.29, 0.717) is 13.2 Å². The molecule has 1 fully saturated rings. The Morgan fingerprint density at radius 3 is 2.91 bits per heavy atom. The summed E-state index contributed by atoms with van der Waals surface area (Å²) in [6.07, 6.45) is 4.80. The second-order valence-corrected chi connectivity index (χ2v) is 6.44. The van der Waals surface area contributed by atoms with E-state index in [1.807, 2.05) is 36.5 Å². The van der Waals surface area contributed by atoms with Crippen LogP contribution in [-0.2, 0) is 16.6 Å². The molecule has 1 atom stereocenters. The Labute approximate surface area is 131 Å². The summed E-state index contributed by atoms with van der Waals surface area (Å²) in [5.41, 5.74) is 1.93. The lowest BCUT2D eigenvalue weighted by Gasteiger charge is -2.41. The quantitative estimate of drug-likeness (QED) is 0.878. The van der Waals surface area contributed by atoms with Gasteiger partial charge in [-0.15, -0.1) is 0 Å². The highest BCUT2D eigenvalue weighted by atomic mass is 16.5. The van der Waals surface area contributed by atoms with Crippen molar-refractivity contribution in [3.05, 3.63) is 24.0 Å². The summed E-state index contributed by atoms with van der Waals surface area (Å²) in [6.45, 7) is 6.72. The fraction of sp³-hybridized carbons (Fsp3) is 0.625. The third-order valence-electron chi connectivity index (χ3n) is 4.54. The van der Waals surface area contributed by atoms with Crippen molar-refractivity contribution in [2.24, 2.45) is 7.05 Å². The Morgan fingerprint density at radius 2 is 2.32 bits per heavy atom. The van der Waals surface area contributed by atoms with Crippen molar-refractivity contribution < 1.29 is 9.53 Å². The standard InChI is InChI=1S/C16H24N4O2/c1-16(2)14(17-8-11-22-16)15(21)20-9-5-12(6-10-20)13-4-7-18-19(13)3/h4-5,7,14,17H,6,8-11H2,1-3H3. The molecule has 1 saturated heterocycles. The zero-order valence-electron chi connectivity index (χ0n) is 13.5. The van der Waals surface area contributed by atoms with Crippen molar-refractivity contribution in [2.75, 3.05) is 26.2 Å². The maximum atomic E-state index is 12.8. The average molecular weight is 304 g/mol. The van der Waals surface area contributed by atoms with Gasteiger partial charge in [0.1, 0.15) is 6.04 Å². The third-order valence-corrected chi connectivity index (χ3v) is 4.54. The zero-order valence-corrected chi connectivity index (χ0v) is 13.5. The van der Waals surface area contributed by atoms with Crippen molar-refractivity contribution in [3.8, 4) is 0 Å². The fourth-order valence-electron chi connectivity index (χ4n) is 3.20. The van der Waals surface area contributed by atoms with Crippen LogP contribution in [0.4, 0.5) is 0 Å². The summed E-state index contributed by atoms with van der Waals surface area (Å²) >= 11 is 0. The summed E-state index contributed by atoms with van der Waals surface area (Å²) in [6, 6.07) is 1.75. The Hall–Kier alpha value is -1.66. The van der Waals surface area contributed by atoms with Gasteiger partial charge in [0.15, 0.2) is 0 Å². The molecule has 0 aromatic carbocycles. The van der Waals surface area contributed by atoms with Gasteiger partial charge in [-0.1, -0.05) is 6.08 Å². The smallest absolute Gasteiger partial charge is 0.242 e. The number of amides is 1. The number of rotatable bonds is 2. The van der Waals surface area contributed by atoms with Gasteiger partial charge in [0.2, 0.25) is 5.91 Å². The normalized spacial score (nSPS) is 25.0. The second-order valence-electron chi connectivity index (χ2n) is 6.44. The Balaban J connectivity index is 1.69. The number of hydrogen-bond acceptors (Lipinski definition) is 4. The van der Waals surface area contributed by atoms with Crippen LogP contribution in [-0.4, -0.2) is 58.5 Å². The summed E-state index contributed by atoms with van der Waals surface area (Å²) in [5, 5.41) is 7.51. The van der Waals surface area contributed by atoms with Crippen molar-refractivity contribution in [1.29, 1.82) is 0 Å². The predicted molar refractivity (Wildman–Crippen MR) is 84.2 cm³/mol. The van der Waals surface area contributed by atoms with E-state index in [9.17, 15) is 4.79 Å². The Morgan fingerprint density at radius 1 is 1.50 bits per heavy atom. The number of carbonyl (C=O) groups excluding carboxylic acids is 1. The first-order valence-electron chi connectivity index (χ1n) is 7.82. The topological polar surface area (TPSA) is 59.4 Å². The molecule has 120 valence electrons. The highest BCUT2D eigenvalue weighted by Gasteiger charge is 2.40. The molecule has 1 aromatic heterocycles. The summed E-state index contributed by atoms with van der Waals surface area (Å²) in [4.78, 5) is 14.7. The highest BCUT2D eigenvalue weighted by molar-refractivity contribution is 5.84. The van der Waals surface area contributed by atoms with Gasteiger partial charge >= 0.3 is 0 Å². The number of carbonyl (C=O) groups is 1. The average Bonchev–Trinajstić information content (AvgIpc) is 2.92. The molecule has 0 saturated carbocycles. The van der Waals surface area contributed by atoms with E-state index in [4.69, 9.17) is 4.74 Å². The molecule has 1 aromatic rings. The van der Waals surface area contributed by atoms with E-state index >= 15 is 0 Å². The maximum Gasteiger partial charge on any atom is 0.242 e. The van der Waals surface area contributed by atoms with Crippen LogP contribution in [0.3, 0.4) is 0 Å². The van der Waals surface area contributed by atoms with Gasteiger partial charge < -0.3 is 15.0 Å². The number of nitrogens with one attached hydrogen (secondary N) is 1. The molecule has 0 spiro atoms. The van der Waals surface area contributed by atoms with Crippen molar-refractivity contribution in [1.82, 2.24) is 20.0 Å². The predicted octanol–water partition coefficient (Wildman–Crippen LogP) is 0.803. The van der Waals surface area contributed by atoms with Gasteiger partial charge in [0.25, 0.3) is 0 Å². The van der Waals surface area contributed by atoms with Crippen LogP contribution in [0.5, 0.6) is 0 Å². The van der Waals surface area contributed by atoms with Crippen molar-refractivity contribution in [3.63, 3.8) is 0 Å². The summed E-state index contributed by atoms with van der Waals surface area (Å²) in [7, 11) is 1.94. The Kier molecular flexibility index (Phi) is 4.06. The minimum absolute atomic E-state index is 0.130. The molecule has 2 aliphatic heterocycles. The molecule has 22 heavy (non-hydrogen) atoms. The van der Waals surface area contributed by atoms with E-state index < -0.39 is 5.60 Å². The molecular weight excluding hydrogens is 280 g/mol. The van der Waals surface area contributed by atoms with Gasteiger partial charge in [-0.2, -0.15) is 5.10 Å². The first-order chi connectivity index (χ1) is 10.5. The van der Waals surface area contributed by atoms with E-state index in [0.717, 1.165) is 25.2 Å². The molecule has 6 heteroatoms. The SMILES string of the molecule is Cn1nccc1C1=CCN(C(=O)C2NCCOC2(C)C)CC1. The molecule has 3 heterocycles. The minimum atomic E-state index is -0.457. The molecule has 0 bridgehead atoms. The van der Waals surface area contributed by atoms with Crippen LogP contribution >= 0.6 is 0 Å². The van der Waals surface area contributed by atoms with Gasteiger partial charge in [0.05, 0.1) is 17.9 Å². The van der Waals surface area contributed by atoms with Gasteiger partial charge in [-0.3, -0.25) is 9.48 Å². The molecule has 2 aliphatic rings. The third kappa shape index (κ3) is 2.80. The second kappa shape index (κ2) is 5.85. The van der Waals surface area contributed by atoms with E-state index in [2.05, 4.69) is 16.5 Å². The minimum Gasteiger partial charge on any atom is -0.372 e. The molecule has 6 nitrogen and oxygen atoms in total. The largest absolute Gasteiger partial charge is 0.372 e. The number of hydrogen-bond donors (Lipinski definition) is 1. The molecule has 0 aliphatic carbocycles. The first kappa shape index (κ1) is 15.2. The number of aromatic nitrogens is 2. The Bertz CT molecular complexity index is 591. The molecule has 1 amide bonds. The van der Waals surface area contributed by atoms with Crippen LogP contribution in [0.15, 0.2) is 18.3 Å². The molecule has 0 radical (unpaired) electrons. The van der Waals surface area contributed by atoms with Gasteiger partial charge in [-0.05, 0) is 31.9 Å². The lowest BCUT2D eigenvalue weighted by molar-refractivity contribution is -0.147. The van der Waals surface area contributed by atoms with Crippen LogP contribution in [0.2, 0.25) is 0 Å². The number of morpholine rings is 1. The van der Waals surface area contributed by atoms with Crippen molar-refractivity contribution in [2.45, 2.75) is 31.9 Å². The number of nitrogens with zero attached hydrogens (tertiary/aromatic N) is 3. The van der Waals surface area contributed by atoms with E-state index in [1.54, 1.807) is 6.20 Å². The van der Waals surface area contributed by atoms with Crippen molar-refractivity contribution >= 4 is 11.5 Å². The first-order valence-corrected chi connectivity index (χ1v) is 7.82. The highest BCUT2D eigenvalue weighted by Crippen LogP contribution is 2.24. The molecular formula is C16H24N4O2. The van der Waals surface area contributed by atoms with Gasteiger partial charge in [-0.25, -0.2) is 0 Å². The van der Waals surface area contributed by atoms with Crippen LogP contribution in [0.1, 0.15) is 26.0 Å². The lowest BCUT2D eigenvalue weighted by Crippen LogP contribution is -2.62. The lowest BCUT2D eigenvalue weighted by atomic mass is 9.94. The number of ether oxygens (including phenoxy) is 1. The monoisotopic (exact) mass is 304 g/mol. The van der Waals surface area contributed by atoms with E-state index in [1.165, 1.54) is 5.57 Å². The van der Waals surface area contributed by atoms with Crippen LogP contribution in [0, 0.1) is 0 Å².